The lowest BCUT2D eigenvalue weighted by Gasteiger charge is -2.30. The van der Waals surface area contributed by atoms with Crippen molar-refractivity contribution < 1.29 is 4.74 Å². The van der Waals surface area contributed by atoms with E-state index in [-0.39, 0.29) is 0 Å². The monoisotopic (exact) mass is 248 g/mol. The van der Waals surface area contributed by atoms with Gasteiger partial charge in [0.1, 0.15) is 5.75 Å². The van der Waals surface area contributed by atoms with Gasteiger partial charge in [0.2, 0.25) is 0 Å². The van der Waals surface area contributed by atoms with Crippen LogP contribution in [0.25, 0.3) is 0 Å². The van der Waals surface area contributed by atoms with E-state index in [4.69, 9.17) is 4.74 Å². The molecule has 1 unspecified atom stereocenters. The maximum Gasteiger partial charge on any atom is 0.123 e. The second kappa shape index (κ2) is 6.10. The van der Waals surface area contributed by atoms with E-state index < -0.39 is 0 Å². The van der Waals surface area contributed by atoms with Crippen LogP contribution in [0.3, 0.4) is 0 Å². The van der Waals surface area contributed by atoms with E-state index in [0.717, 1.165) is 24.8 Å². The van der Waals surface area contributed by atoms with Crippen molar-refractivity contribution in [2.75, 3.05) is 25.5 Å². The summed E-state index contributed by atoms with van der Waals surface area (Å²) in [5, 5.41) is 7.06. The molecular formula is C15H24N2O. The predicted octanol–water partition coefficient (Wildman–Crippen LogP) is 2.80. The van der Waals surface area contributed by atoms with Gasteiger partial charge in [-0.25, -0.2) is 0 Å². The van der Waals surface area contributed by atoms with Crippen molar-refractivity contribution >= 4 is 5.69 Å². The number of methoxy groups -OCH3 is 1. The maximum absolute atomic E-state index is 5.36. The van der Waals surface area contributed by atoms with Crippen molar-refractivity contribution in [1.82, 2.24) is 5.32 Å². The van der Waals surface area contributed by atoms with Crippen LogP contribution in [0.15, 0.2) is 18.2 Å². The lowest BCUT2D eigenvalue weighted by atomic mass is 9.91. The van der Waals surface area contributed by atoms with Crippen LogP contribution in [-0.2, 0) is 0 Å². The van der Waals surface area contributed by atoms with Crippen LogP contribution in [0.1, 0.15) is 25.3 Å². The minimum Gasteiger partial charge on any atom is -0.496 e. The molecule has 3 heteroatoms. The number of hydrogen-bond donors (Lipinski definition) is 2. The van der Waals surface area contributed by atoms with Gasteiger partial charge >= 0.3 is 0 Å². The Morgan fingerprint density at radius 1 is 1.33 bits per heavy atom. The molecule has 0 aromatic heterocycles. The standard InChI is InChI=1S/C15H24N2O/c1-11-14(5-4-6-15(11)18-3)17-12(2)13-7-9-16-10-8-13/h4-6,12-13,16-17H,7-10H2,1-3H3. The molecule has 0 saturated carbocycles. The minimum absolute atomic E-state index is 0.512. The van der Waals surface area contributed by atoms with Gasteiger partial charge < -0.3 is 15.4 Å². The summed E-state index contributed by atoms with van der Waals surface area (Å²) in [6.07, 6.45) is 2.52. The van der Waals surface area contributed by atoms with Gasteiger partial charge in [-0.3, -0.25) is 0 Å². The van der Waals surface area contributed by atoms with E-state index in [1.807, 2.05) is 12.1 Å². The lowest BCUT2D eigenvalue weighted by molar-refractivity contribution is 0.343. The third-order valence-electron chi connectivity index (χ3n) is 3.98. The third kappa shape index (κ3) is 2.96. The van der Waals surface area contributed by atoms with Gasteiger partial charge in [-0.05, 0) is 57.8 Å². The van der Waals surface area contributed by atoms with Crippen LogP contribution < -0.4 is 15.4 Å². The fourth-order valence-electron chi connectivity index (χ4n) is 2.70. The molecule has 0 radical (unpaired) electrons. The molecule has 0 spiro atoms. The van der Waals surface area contributed by atoms with Crippen molar-refractivity contribution in [2.24, 2.45) is 5.92 Å². The van der Waals surface area contributed by atoms with Gasteiger partial charge in [0.05, 0.1) is 7.11 Å². The highest BCUT2D eigenvalue weighted by Crippen LogP contribution is 2.27. The number of anilines is 1. The molecule has 18 heavy (non-hydrogen) atoms. The van der Waals surface area contributed by atoms with E-state index in [1.165, 1.54) is 24.1 Å². The lowest BCUT2D eigenvalue weighted by Crippen LogP contribution is -2.36. The summed E-state index contributed by atoms with van der Waals surface area (Å²) in [6, 6.07) is 6.70. The van der Waals surface area contributed by atoms with Crippen molar-refractivity contribution in [3.8, 4) is 5.75 Å². The molecule has 0 bridgehead atoms. The highest BCUT2D eigenvalue weighted by Gasteiger charge is 2.20. The second-order valence-electron chi connectivity index (χ2n) is 5.15. The molecule has 1 heterocycles. The zero-order valence-electron chi connectivity index (χ0n) is 11.6. The van der Waals surface area contributed by atoms with Crippen molar-refractivity contribution in [1.29, 1.82) is 0 Å². The Morgan fingerprint density at radius 2 is 2.06 bits per heavy atom. The molecule has 0 amide bonds. The Bertz CT molecular complexity index is 386. The fourth-order valence-corrected chi connectivity index (χ4v) is 2.70. The molecule has 3 nitrogen and oxygen atoms in total. The molecule has 2 N–H and O–H groups in total. The molecule has 1 aliphatic rings. The quantitative estimate of drug-likeness (QED) is 0.859. The van der Waals surface area contributed by atoms with Crippen LogP contribution in [0, 0.1) is 12.8 Å². The fraction of sp³-hybridized carbons (Fsp3) is 0.600. The molecule has 1 saturated heterocycles. The van der Waals surface area contributed by atoms with E-state index >= 15 is 0 Å². The topological polar surface area (TPSA) is 33.3 Å². The first kappa shape index (κ1) is 13.2. The number of benzene rings is 1. The Labute approximate surface area is 110 Å². The molecule has 2 rings (SSSR count). The minimum atomic E-state index is 0.512. The van der Waals surface area contributed by atoms with Crippen molar-refractivity contribution in [3.05, 3.63) is 23.8 Å². The van der Waals surface area contributed by atoms with Crippen LogP contribution in [0.2, 0.25) is 0 Å². The number of rotatable bonds is 4. The summed E-state index contributed by atoms with van der Waals surface area (Å²) in [6.45, 7) is 6.69. The predicted molar refractivity (Wildman–Crippen MR) is 76.4 cm³/mol. The van der Waals surface area contributed by atoms with Gasteiger partial charge in [-0.1, -0.05) is 6.07 Å². The summed E-state index contributed by atoms with van der Waals surface area (Å²) < 4.78 is 5.36. The van der Waals surface area contributed by atoms with Gasteiger partial charge in [0.15, 0.2) is 0 Å². The van der Waals surface area contributed by atoms with Crippen LogP contribution in [-0.4, -0.2) is 26.2 Å². The molecule has 1 aromatic rings. The van der Waals surface area contributed by atoms with Crippen LogP contribution in [0.5, 0.6) is 5.75 Å². The summed E-state index contributed by atoms with van der Waals surface area (Å²) >= 11 is 0. The number of hydrogen-bond acceptors (Lipinski definition) is 3. The summed E-state index contributed by atoms with van der Waals surface area (Å²) in [5.41, 5.74) is 2.39. The van der Waals surface area contributed by atoms with Crippen molar-refractivity contribution in [3.63, 3.8) is 0 Å². The van der Waals surface area contributed by atoms with E-state index in [9.17, 15) is 0 Å². The first-order chi connectivity index (χ1) is 8.72. The van der Waals surface area contributed by atoms with Crippen LogP contribution >= 0.6 is 0 Å². The van der Waals surface area contributed by atoms with Crippen molar-refractivity contribution in [2.45, 2.75) is 32.7 Å². The molecule has 100 valence electrons. The highest BCUT2D eigenvalue weighted by molar-refractivity contribution is 5.57. The largest absolute Gasteiger partial charge is 0.496 e. The second-order valence-corrected chi connectivity index (χ2v) is 5.15. The summed E-state index contributed by atoms with van der Waals surface area (Å²) in [5.74, 6) is 1.72. The molecule has 1 aliphatic heterocycles. The smallest absolute Gasteiger partial charge is 0.123 e. The normalized spacial score (nSPS) is 18.4. The average molecular weight is 248 g/mol. The first-order valence-electron chi connectivity index (χ1n) is 6.83. The van der Waals surface area contributed by atoms with Gasteiger partial charge in [-0.2, -0.15) is 0 Å². The number of ether oxygens (including phenoxy) is 1. The Balaban J connectivity index is 2.04. The first-order valence-corrected chi connectivity index (χ1v) is 6.83. The van der Waals surface area contributed by atoms with E-state index in [2.05, 4.69) is 30.5 Å². The number of piperidine rings is 1. The third-order valence-corrected chi connectivity index (χ3v) is 3.98. The summed E-state index contributed by atoms with van der Waals surface area (Å²) in [4.78, 5) is 0. The van der Waals surface area contributed by atoms with Gasteiger partial charge in [0.25, 0.3) is 0 Å². The maximum atomic E-state index is 5.36. The zero-order valence-corrected chi connectivity index (χ0v) is 11.6. The molecule has 0 aliphatic carbocycles. The SMILES string of the molecule is COc1cccc(NC(C)C2CCNCC2)c1C. The summed E-state index contributed by atoms with van der Waals surface area (Å²) in [7, 11) is 1.72. The Hall–Kier alpha value is -1.22. The van der Waals surface area contributed by atoms with Crippen LogP contribution in [0.4, 0.5) is 5.69 Å². The van der Waals surface area contributed by atoms with E-state index in [1.54, 1.807) is 7.11 Å². The number of nitrogens with one attached hydrogen (secondary N) is 2. The molecule has 1 aromatic carbocycles. The Kier molecular flexibility index (Phi) is 4.48. The Morgan fingerprint density at radius 3 is 2.72 bits per heavy atom. The van der Waals surface area contributed by atoms with E-state index in [0.29, 0.717) is 6.04 Å². The zero-order chi connectivity index (χ0) is 13.0. The molecule has 1 atom stereocenters. The average Bonchev–Trinajstić information content (AvgIpc) is 2.42. The molecular weight excluding hydrogens is 224 g/mol. The molecule has 1 fully saturated rings. The highest BCUT2D eigenvalue weighted by atomic mass is 16.5. The van der Waals surface area contributed by atoms with Gasteiger partial charge in [0, 0.05) is 17.3 Å². The van der Waals surface area contributed by atoms with Gasteiger partial charge in [-0.15, -0.1) is 0 Å².